The molecule has 0 aliphatic rings. The Morgan fingerprint density at radius 3 is 3.08 bits per heavy atom. The van der Waals surface area contributed by atoms with Gasteiger partial charge >= 0.3 is 0 Å². The van der Waals surface area contributed by atoms with E-state index in [1.807, 2.05) is 0 Å². The molecule has 66 valence electrons. The minimum absolute atomic E-state index is 0.0973. The van der Waals surface area contributed by atoms with E-state index in [1.54, 1.807) is 11.4 Å². The van der Waals surface area contributed by atoms with Crippen molar-refractivity contribution in [3.05, 3.63) is 27.6 Å². The van der Waals surface area contributed by atoms with Crippen molar-refractivity contribution in [2.45, 2.75) is 0 Å². The van der Waals surface area contributed by atoms with Crippen molar-refractivity contribution in [3.63, 3.8) is 0 Å². The van der Waals surface area contributed by atoms with Gasteiger partial charge < -0.3 is 10.7 Å². The van der Waals surface area contributed by atoms with Crippen LogP contribution in [-0.2, 0) is 0 Å². The van der Waals surface area contributed by atoms with Crippen molar-refractivity contribution < 1.29 is 4.79 Å². The molecule has 0 unspecified atom stereocenters. The van der Waals surface area contributed by atoms with Crippen LogP contribution < -0.4 is 11.3 Å². The highest BCUT2D eigenvalue weighted by Crippen LogP contribution is 2.13. The Bertz CT molecular complexity index is 528. The van der Waals surface area contributed by atoms with Crippen LogP contribution in [0.5, 0.6) is 0 Å². The van der Waals surface area contributed by atoms with Crippen molar-refractivity contribution in [2.75, 3.05) is 0 Å². The largest absolute Gasteiger partial charge is 0.363 e. The maximum Gasteiger partial charge on any atom is 0.284 e. The molecule has 0 radical (unpaired) electrons. The van der Waals surface area contributed by atoms with Gasteiger partial charge in [-0.2, -0.15) is 4.98 Å². The van der Waals surface area contributed by atoms with Crippen LogP contribution in [0.15, 0.2) is 16.2 Å². The van der Waals surface area contributed by atoms with Crippen LogP contribution in [0.1, 0.15) is 10.6 Å². The average Bonchev–Trinajstić information content (AvgIpc) is 2.51. The minimum Gasteiger partial charge on any atom is -0.363 e. The first-order valence-corrected chi connectivity index (χ1v) is 4.34. The number of aromatic amines is 1. The predicted molar refractivity (Wildman–Crippen MR) is 48.8 cm³/mol. The van der Waals surface area contributed by atoms with Gasteiger partial charge in [0, 0.05) is 0 Å². The monoisotopic (exact) mass is 195 g/mol. The Morgan fingerprint density at radius 2 is 2.38 bits per heavy atom. The molecule has 0 saturated carbocycles. The molecule has 0 aromatic carbocycles. The third kappa shape index (κ3) is 1.20. The molecule has 6 heteroatoms. The number of carbonyl (C=O) groups is 1. The second kappa shape index (κ2) is 2.67. The van der Waals surface area contributed by atoms with Crippen LogP contribution in [0.4, 0.5) is 0 Å². The predicted octanol–water partition coefficient (Wildman–Crippen LogP) is 0.0835. The molecule has 13 heavy (non-hydrogen) atoms. The molecule has 2 heterocycles. The standard InChI is InChI=1S/C7H5N3O2S/c8-4(11)5-9-6(12)3-1-2-13-7(3)10-5/h1-2H,(H2,8,11)(H,9,10,12). The highest BCUT2D eigenvalue weighted by molar-refractivity contribution is 7.16. The Kier molecular flexibility index (Phi) is 1.63. The molecule has 0 aliphatic heterocycles. The Labute approximate surface area is 76.2 Å². The zero-order chi connectivity index (χ0) is 9.42. The molecule has 0 saturated heterocycles. The quantitative estimate of drug-likeness (QED) is 0.675. The lowest BCUT2D eigenvalue weighted by molar-refractivity contribution is 0.0990. The fourth-order valence-electron chi connectivity index (χ4n) is 0.988. The van der Waals surface area contributed by atoms with Crippen molar-refractivity contribution in [3.8, 4) is 0 Å². The summed E-state index contributed by atoms with van der Waals surface area (Å²) < 4.78 is 0. The van der Waals surface area contributed by atoms with Crippen molar-refractivity contribution in [1.82, 2.24) is 9.97 Å². The van der Waals surface area contributed by atoms with E-state index in [-0.39, 0.29) is 5.82 Å². The van der Waals surface area contributed by atoms with Gasteiger partial charge in [-0.1, -0.05) is 0 Å². The fraction of sp³-hybridized carbons (Fsp3) is 0. The second-order valence-electron chi connectivity index (χ2n) is 2.42. The Morgan fingerprint density at radius 1 is 1.62 bits per heavy atom. The van der Waals surface area contributed by atoms with E-state index in [0.29, 0.717) is 10.2 Å². The summed E-state index contributed by atoms with van der Waals surface area (Å²) in [5, 5.41) is 2.23. The second-order valence-corrected chi connectivity index (χ2v) is 3.33. The SMILES string of the molecule is NC(=O)c1nc(=O)c2ccsc2[nH]1. The number of nitrogens with zero attached hydrogens (tertiary/aromatic N) is 1. The van der Waals surface area contributed by atoms with Crippen LogP contribution in [0.2, 0.25) is 0 Å². The molecule has 0 bridgehead atoms. The molecule has 5 nitrogen and oxygen atoms in total. The fourth-order valence-corrected chi connectivity index (χ4v) is 1.77. The molecule has 0 fully saturated rings. The van der Waals surface area contributed by atoms with Gasteiger partial charge in [-0.05, 0) is 11.4 Å². The van der Waals surface area contributed by atoms with Gasteiger partial charge in [-0.15, -0.1) is 11.3 Å². The van der Waals surface area contributed by atoms with Crippen molar-refractivity contribution >= 4 is 27.5 Å². The highest BCUT2D eigenvalue weighted by Gasteiger charge is 2.07. The van der Waals surface area contributed by atoms with E-state index >= 15 is 0 Å². The Hall–Kier alpha value is -1.69. The number of rotatable bonds is 1. The maximum atomic E-state index is 11.2. The lowest BCUT2D eigenvalue weighted by Gasteiger charge is -1.93. The van der Waals surface area contributed by atoms with E-state index in [1.165, 1.54) is 11.3 Å². The Balaban J connectivity index is 2.85. The van der Waals surface area contributed by atoms with Crippen LogP contribution in [0, 0.1) is 0 Å². The molecule has 0 spiro atoms. The van der Waals surface area contributed by atoms with E-state index < -0.39 is 11.5 Å². The highest BCUT2D eigenvalue weighted by atomic mass is 32.1. The van der Waals surface area contributed by atoms with Gasteiger partial charge in [0.25, 0.3) is 11.5 Å². The van der Waals surface area contributed by atoms with Crippen LogP contribution >= 0.6 is 11.3 Å². The number of nitrogens with one attached hydrogen (secondary N) is 1. The molecule has 2 aromatic heterocycles. The maximum absolute atomic E-state index is 11.2. The van der Waals surface area contributed by atoms with Crippen molar-refractivity contribution in [1.29, 1.82) is 0 Å². The summed E-state index contributed by atoms with van der Waals surface area (Å²) >= 11 is 1.33. The molecule has 0 aliphatic carbocycles. The van der Waals surface area contributed by atoms with Gasteiger partial charge in [-0.3, -0.25) is 9.59 Å². The van der Waals surface area contributed by atoms with Gasteiger partial charge in [0.15, 0.2) is 0 Å². The zero-order valence-corrected chi connectivity index (χ0v) is 7.22. The van der Waals surface area contributed by atoms with E-state index in [4.69, 9.17) is 5.73 Å². The number of nitrogens with two attached hydrogens (primary N) is 1. The lowest BCUT2D eigenvalue weighted by Crippen LogP contribution is -2.20. The van der Waals surface area contributed by atoms with Crippen LogP contribution in [-0.4, -0.2) is 15.9 Å². The summed E-state index contributed by atoms with van der Waals surface area (Å²) in [6.45, 7) is 0. The van der Waals surface area contributed by atoms with E-state index in [0.717, 1.165) is 0 Å². The van der Waals surface area contributed by atoms with Crippen molar-refractivity contribution in [2.24, 2.45) is 5.73 Å². The lowest BCUT2D eigenvalue weighted by atomic mass is 10.4. The summed E-state index contributed by atoms with van der Waals surface area (Å²) in [4.78, 5) is 28.7. The molecule has 2 aromatic rings. The summed E-state index contributed by atoms with van der Waals surface area (Å²) in [7, 11) is 0. The topological polar surface area (TPSA) is 88.8 Å². The van der Waals surface area contributed by atoms with Gasteiger partial charge in [0.05, 0.1) is 5.39 Å². The minimum atomic E-state index is -0.729. The third-order valence-electron chi connectivity index (χ3n) is 1.57. The first-order chi connectivity index (χ1) is 6.18. The third-order valence-corrected chi connectivity index (χ3v) is 2.40. The number of fused-ring (bicyclic) bond motifs is 1. The number of primary amides is 1. The summed E-state index contributed by atoms with van der Waals surface area (Å²) in [5.41, 5.74) is 4.55. The van der Waals surface area contributed by atoms with Gasteiger partial charge in [0.2, 0.25) is 5.82 Å². The number of aromatic nitrogens is 2. The smallest absolute Gasteiger partial charge is 0.284 e. The van der Waals surface area contributed by atoms with E-state index in [9.17, 15) is 9.59 Å². The average molecular weight is 195 g/mol. The molecule has 0 atom stereocenters. The molecule has 3 N–H and O–H groups in total. The number of hydrogen-bond acceptors (Lipinski definition) is 4. The number of hydrogen-bond donors (Lipinski definition) is 2. The number of carbonyl (C=O) groups excluding carboxylic acids is 1. The summed E-state index contributed by atoms with van der Waals surface area (Å²) in [5.74, 6) is -0.827. The van der Waals surface area contributed by atoms with Crippen LogP contribution in [0.25, 0.3) is 10.2 Å². The van der Waals surface area contributed by atoms with Gasteiger partial charge in [-0.25, -0.2) is 0 Å². The summed E-state index contributed by atoms with van der Waals surface area (Å²) in [6.07, 6.45) is 0. The molecule has 2 rings (SSSR count). The summed E-state index contributed by atoms with van der Waals surface area (Å²) in [6, 6.07) is 1.65. The first kappa shape index (κ1) is 7.93. The number of H-pyrrole nitrogens is 1. The van der Waals surface area contributed by atoms with E-state index in [2.05, 4.69) is 9.97 Å². The van der Waals surface area contributed by atoms with Crippen LogP contribution in [0.3, 0.4) is 0 Å². The molecule has 1 amide bonds. The number of thiophene rings is 1. The van der Waals surface area contributed by atoms with Gasteiger partial charge in [0.1, 0.15) is 4.83 Å². The zero-order valence-electron chi connectivity index (χ0n) is 6.40. The molecular weight excluding hydrogens is 190 g/mol. The molecular formula is C7H5N3O2S. The number of amides is 1. The first-order valence-electron chi connectivity index (χ1n) is 3.46. The normalized spacial score (nSPS) is 10.5.